The lowest BCUT2D eigenvalue weighted by Gasteiger charge is -2.22. The van der Waals surface area contributed by atoms with Crippen LogP contribution in [-0.4, -0.2) is 5.91 Å². The highest BCUT2D eigenvalue weighted by atomic mass is 35.5. The third-order valence-corrected chi connectivity index (χ3v) is 4.46. The molecule has 1 aliphatic rings. The first-order valence-corrected chi connectivity index (χ1v) is 7.55. The second-order valence-electron chi connectivity index (χ2n) is 5.21. The van der Waals surface area contributed by atoms with E-state index in [1.54, 1.807) is 6.07 Å². The van der Waals surface area contributed by atoms with Crippen molar-refractivity contribution in [1.82, 2.24) is 5.32 Å². The standard InChI is InChI=1S/C15H19Cl2NO/c1-3-10(4-2)14(19)18-15(7-8-15)12-6-5-11(16)9-13(12)17/h5-6,9-10H,3-4,7-8H2,1-2H3,(H,18,19). The van der Waals surface area contributed by atoms with Crippen molar-refractivity contribution >= 4 is 29.1 Å². The lowest BCUT2D eigenvalue weighted by atomic mass is 9.99. The Hall–Kier alpha value is -0.730. The van der Waals surface area contributed by atoms with Crippen molar-refractivity contribution in [3.8, 4) is 0 Å². The Morgan fingerprint density at radius 3 is 2.42 bits per heavy atom. The van der Waals surface area contributed by atoms with Gasteiger partial charge in [0.15, 0.2) is 0 Å². The number of carbonyl (C=O) groups excluding carboxylic acids is 1. The van der Waals surface area contributed by atoms with Crippen LogP contribution in [-0.2, 0) is 10.3 Å². The van der Waals surface area contributed by atoms with E-state index in [1.165, 1.54) is 0 Å². The van der Waals surface area contributed by atoms with Crippen LogP contribution in [0, 0.1) is 5.92 Å². The number of carbonyl (C=O) groups is 1. The summed E-state index contributed by atoms with van der Waals surface area (Å²) < 4.78 is 0. The SMILES string of the molecule is CCC(CC)C(=O)NC1(c2ccc(Cl)cc2Cl)CC1. The summed E-state index contributed by atoms with van der Waals surface area (Å²) in [7, 11) is 0. The highest BCUT2D eigenvalue weighted by molar-refractivity contribution is 6.35. The molecule has 1 aromatic rings. The molecule has 1 aliphatic carbocycles. The molecule has 1 aromatic carbocycles. The topological polar surface area (TPSA) is 29.1 Å². The van der Waals surface area contributed by atoms with Crippen LogP contribution in [0.25, 0.3) is 0 Å². The van der Waals surface area contributed by atoms with Crippen LogP contribution < -0.4 is 5.32 Å². The zero-order valence-corrected chi connectivity index (χ0v) is 12.8. The van der Waals surface area contributed by atoms with E-state index < -0.39 is 0 Å². The molecule has 0 bridgehead atoms. The van der Waals surface area contributed by atoms with Gasteiger partial charge in [-0.25, -0.2) is 0 Å². The fraction of sp³-hybridized carbons (Fsp3) is 0.533. The highest BCUT2D eigenvalue weighted by Gasteiger charge is 2.47. The Balaban J connectivity index is 2.17. The van der Waals surface area contributed by atoms with Crippen LogP contribution in [0.15, 0.2) is 18.2 Å². The molecule has 2 rings (SSSR count). The summed E-state index contributed by atoms with van der Waals surface area (Å²) in [5, 5.41) is 4.43. The number of benzene rings is 1. The molecular weight excluding hydrogens is 281 g/mol. The van der Waals surface area contributed by atoms with Gasteiger partial charge in [0.05, 0.1) is 5.54 Å². The van der Waals surface area contributed by atoms with Gasteiger partial charge in [0, 0.05) is 16.0 Å². The van der Waals surface area contributed by atoms with E-state index >= 15 is 0 Å². The maximum Gasteiger partial charge on any atom is 0.223 e. The third kappa shape index (κ3) is 3.06. The van der Waals surface area contributed by atoms with Gasteiger partial charge >= 0.3 is 0 Å². The van der Waals surface area contributed by atoms with Gasteiger partial charge in [-0.05, 0) is 43.4 Å². The van der Waals surface area contributed by atoms with Crippen molar-refractivity contribution < 1.29 is 4.79 Å². The summed E-state index contributed by atoms with van der Waals surface area (Å²) in [4.78, 5) is 12.2. The zero-order valence-electron chi connectivity index (χ0n) is 11.3. The molecule has 1 saturated carbocycles. The number of rotatable bonds is 5. The van der Waals surface area contributed by atoms with Crippen LogP contribution in [0.5, 0.6) is 0 Å². The summed E-state index contributed by atoms with van der Waals surface area (Å²) in [5.41, 5.74) is 0.722. The van der Waals surface area contributed by atoms with Crippen LogP contribution in [0.3, 0.4) is 0 Å². The van der Waals surface area contributed by atoms with E-state index in [-0.39, 0.29) is 17.4 Å². The normalized spacial score (nSPS) is 16.5. The van der Waals surface area contributed by atoms with Gasteiger partial charge in [-0.1, -0.05) is 43.1 Å². The van der Waals surface area contributed by atoms with Crippen LogP contribution in [0.4, 0.5) is 0 Å². The first-order chi connectivity index (χ1) is 9.02. The zero-order chi connectivity index (χ0) is 14.0. The third-order valence-electron chi connectivity index (χ3n) is 3.92. The fourth-order valence-electron chi connectivity index (χ4n) is 2.46. The van der Waals surface area contributed by atoms with E-state index in [1.807, 2.05) is 26.0 Å². The summed E-state index contributed by atoms with van der Waals surface area (Å²) in [6, 6.07) is 5.48. The average Bonchev–Trinajstić information content (AvgIpc) is 3.11. The number of hydrogen-bond acceptors (Lipinski definition) is 1. The lowest BCUT2D eigenvalue weighted by molar-refractivity contribution is -0.126. The summed E-state index contributed by atoms with van der Waals surface area (Å²) in [6.07, 6.45) is 3.63. The largest absolute Gasteiger partial charge is 0.346 e. The predicted octanol–water partition coefficient (Wildman–Crippen LogP) is 4.53. The highest BCUT2D eigenvalue weighted by Crippen LogP contribution is 2.48. The van der Waals surface area contributed by atoms with E-state index in [0.29, 0.717) is 10.0 Å². The van der Waals surface area contributed by atoms with Gasteiger partial charge in [-0.2, -0.15) is 0 Å². The second-order valence-corrected chi connectivity index (χ2v) is 6.05. The fourth-order valence-corrected chi connectivity index (χ4v) is 3.05. The molecule has 0 heterocycles. The average molecular weight is 300 g/mol. The number of nitrogens with one attached hydrogen (secondary N) is 1. The second kappa shape index (κ2) is 5.72. The quantitative estimate of drug-likeness (QED) is 0.850. The van der Waals surface area contributed by atoms with Gasteiger partial charge < -0.3 is 5.32 Å². The van der Waals surface area contributed by atoms with E-state index in [4.69, 9.17) is 23.2 Å². The Morgan fingerprint density at radius 2 is 1.95 bits per heavy atom. The van der Waals surface area contributed by atoms with Crippen molar-refractivity contribution in [2.45, 2.75) is 45.1 Å². The lowest BCUT2D eigenvalue weighted by Crippen LogP contribution is -2.38. The Labute approximate surface area is 124 Å². The van der Waals surface area contributed by atoms with Gasteiger partial charge in [-0.3, -0.25) is 4.79 Å². The molecule has 0 radical (unpaired) electrons. The molecular formula is C15H19Cl2NO. The van der Waals surface area contributed by atoms with E-state index in [0.717, 1.165) is 31.2 Å². The Bertz CT molecular complexity index is 479. The van der Waals surface area contributed by atoms with Crippen molar-refractivity contribution in [2.75, 3.05) is 0 Å². The van der Waals surface area contributed by atoms with Crippen molar-refractivity contribution in [3.63, 3.8) is 0 Å². The van der Waals surface area contributed by atoms with Gasteiger partial charge in [0.2, 0.25) is 5.91 Å². The maximum atomic E-state index is 12.2. The molecule has 1 fully saturated rings. The van der Waals surface area contributed by atoms with Crippen LogP contribution in [0.2, 0.25) is 10.0 Å². The number of hydrogen-bond donors (Lipinski definition) is 1. The molecule has 0 unspecified atom stereocenters. The first kappa shape index (κ1) is 14.7. The Kier molecular flexibility index (Phi) is 4.42. The minimum atomic E-state index is -0.263. The monoisotopic (exact) mass is 299 g/mol. The van der Waals surface area contributed by atoms with Gasteiger partial charge in [-0.15, -0.1) is 0 Å². The minimum Gasteiger partial charge on any atom is -0.346 e. The van der Waals surface area contributed by atoms with E-state index in [9.17, 15) is 4.79 Å². The van der Waals surface area contributed by atoms with Gasteiger partial charge in [0.1, 0.15) is 0 Å². The summed E-state index contributed by atoms with van der Waals surface area (Å²) in [5.74, 6) is 0.220. The molecule has 0 spiro atoms. The predicted molar refractivity (Wildman–Crippen MR) is 79.6 cm³/mol. The molecule has 1 N–H and O–H groups in total. The number of halogens is 2. The smallest absolute Gasteiger partial charge is 0.223 e. The number of amides is 1. The molecule has 0 aliphatic heterocycles. The molecule has 2 nitrogen and oxygen atoms in total. The van der Waals surface area contributed by atoms with E-state index in [2.05, 4.69) is 5.32 Å². The van der Waals surface area contributed by atoms with Crippen LogP contribution >= 0.6 is 23.2 Å². The van der Waals surface area contributed by atoms with Crippen LogP contribution in [0.1, 0.15) is 45.1 Å². The molecule has 19 heavy (non-hydrogen) atoms. The van der Waals surface area contributed by atoms with Gasteiger partial charge in [0.25, 0.3) is 0 Å². The maximum absolute atomic E-state index is 12.2. The van der Waals surface area contributed by atoms with Crippen molar-refractivity contribution in [3.05, 3.63) is 33.8 Å². The Morgan fingerprint density at radius 1 is 1.32 bits per heavy atom. The summed E-state index contributed by atoms with van der Waals surface area (Å²) in [6.45, 7) is 4.09. The van der Waals surface area contributed by atoms with Crippen molar-refractivity contribution in [2.24, 2.45) is 5.92 Å². The molecule has 1 amide bonds. The first-order valence-electron chi connectivity index (χ1n) is 6.80. The molecule has 0 saturated heterocycles. The minimum absolute atomic E-state index is 0.0866. The molecule has 4 heteroatoms. The molecule has 0 aromatic heterocycles. The van der Waals surface area contributed by atoms with Crippen molar-refractivity contribution in [1.29, 1.82) is 0 Å². The molecule has 104 valence electrons. The summed E-state index contributed by atoms with van der Waals surface area (Å²) >= 11 is 12.2. The molecule has 0 atom stereocenters.